The third kappa shape index (κ3) is 2.91. The van der Waals surface area contributed by atoms with Crippen LogP contribution in [0, 0.1) is 5.92 Å². The molecule has 0 aliphatic heterocycles. The van der Waals surface area contributed by atoms with Crippen molar-refractivity contribution in [1.82, 2.24) is 0 Å². The fourth-order valence-electron chi connectivity index (χ4n) is 1.55. The fourth-order valence-corrected chi connectivity index (χ4v) is 2.14. The first-order valence-corrected chi connectivity index (χ1v) is 5.58. The first kappa shape index (κ1) is 9.67. The lowest BCUT2D eigenvalue weighted by Crippen LogP contribution is -2.21. The normalized spacial score (nSPS) is 19.8. The lowest BCUT2D eigenvalue weighted by Gasteiger charge is -2.04. The zero-order chi connectivity index (χ0) is 9.19. The van der Waals surface area contributed by atoms with Crippen molar-refractivity contribution in [2.75, 3.05) is 5.75 Å². The van der Waals surface area contributed by atoms with Crippen LogP contribution < -0.4 is 0 Å². The molecule has 1 N–H and O–H groups in total. The second-order valence-corrected chi connectivity index (χ2v) is 4.63. The zero-order valence-electron chi connectivity index (χ0n) is 6.69. The van der Waals surface area contributed by atoms with Crippen LogP contribution in [0.1, 0.15) is 25.7 Å². The Balaban J connectivity index is 2.48. The van der Waals surface area contributed by atoms with Crippen LogP contribution in [0.4, 0.5) is 0 Å². The van der Waals surface area contributed by atoms with E-state index in [0.717, 1.165) is 25.7 Å². The van der Waals surface area contributed by atoms with Crippen molar-refractivity contribution in [3.63, 3.8) is 0 Å². The van der Waals surface area contributed by atoms with Gasteiger partial charge in [-0.05, 0) is 12.8 Å². The molecule has 0 bridgehead atoms. The summed E-state index contributed by atoms with van der Waals surface area (Å²) in [4.78, 5) is 11.1. The topological polar surface area (TPSA) is 71.4 Å². The van der Waals surface area contributed by atoms with Gasteiger partial charge in [-0.2, -0.15) is 8.42 Å². The first-order chi connectivity index (χ1) is 5.49. The van der Waals surface area contributed by atoms with E-state index in [4.69, 9.17) is 4.55 Å². The van der Waals surface area contributed by atoms with Gasteiger partial charge in [0.25, 0.3) is 10.1 Å². The van der Waals surface area contributed by atoms with Crippen molar-refractivity contribution in [1.29, 1.82) is 0 Å². The van der Waals surface area contributed by atoms with Crippen molar-refractivity contribution in [3.05, 3.63) is 0 Å². The smallest absolute Gasteiger partial charge is 0.272 e. The van der Waals surface area contributed by atoms with E-state index in [1.54, 1.807) is 0 Å². The van der Waals surface area contributed by atoms with Crippen molar-refractivity contribution in [2.45, 2.75) is 25.7 Å². The number of carbonyl (C=O) groups excluding carboxylic acids is 1. The van der Waals surface area contributed by atoms with Crippen LogP contribution in [-0.4, -0.2) is 24.5 Å². The largest absolute Gasteiger partial charge is 0.298 e. The number of carbonyl (C=O) groups is 1. The van der Waals surface area contributed by atoms with Gasteiger partial charge < -0.3 is 0 Å². The Kier molecular flexibility index (Phi) is 2.85. The van der Waals surface area contributed by atoms with Gasteiger partial charge in [-0.25, -0.2) is 0 Å². The Morgan fingerprint density at radius 1 is 1.33 bits per heavy atom. The van der Waals surface area contributed by atoms with Crippen LogP contribution in [0.25, 0.3) is 0 Å². The number of hydrogen-bond donors (Lipinski definition) is 1. The Hall–Kier alpha value is -0.420. The van der Waals surface area contributed by atoms with Crippen molar-refractivity contribution in [3.8, 4) is 0 Å². The number of rotatable bonds is 3. The van der Waals surface area contributed by atoms with Gasteiger partial charge in [-0.1, -0.05) is 12.8 Å². The van der Waals surface area contributed by atoms with E-state index in [-0.39, 0.29) is 11.7 Å². The third-order valence-electron chi connectivity index (χ3n) is 2.14. The van der Waals surface area contributed by atoms with E-state index >= 15 is 0 Å². The Morgan fingerprint density at radius 3 is 2.25 bits per heavy atom. The summed E-state index contributed by atoms with van der Waals surface area (Å²) >= 11 is 0. The summed E-state index contributed by atoms with van der Waals surface area (Å²) in [5, 5.41) is 0. The number of Topliss-reactive ketones (excluding diaryl/α,β-unsaturated/α-hetero) is 1. The summed E-state index contributed by atoms with van der Waals surface area (Å²) in [5.74, 6) is -1.18. The minimum absolute atomic E-state index is 0.132. The van der Waals surface area contributed by atoms with Gasteiger partial charge in [-0.15, -0.1) is 0 Å². The molecule has 0 spiro atoms. The standard InChI is InChI=1S/C7H12O4S/c8-7(5-12(9,10)11)6-3-1-2-4-6/h6H,1-5H2,(H,9,10,11). The molecule has 1 saturated carbocycles. The monoisotopic (exact) mass is 192 g/mol. The fraction of sp³-hybridized carbons (Fsp3) is 0.857. The second-order valence-electron chi connectivity index (χ2n) is 3.17. The number of ketones is 1. The number of hydrogen-bond acceptors (Lipinski definition) is 3. The van der Waals surface area contributed by atoms with Gasteiger partial charge in [0.2, 0.25) is 0 Å². The average Bonchev–Trinajstić information content (AvgIpc) is 2.32. The predicted octanol–water partition coefficient (Wildman–Crippen LogP) is 0.633. The van der Waals surface area contributed by atoms with Crippen LogP contribution in [0.5, 0.6) is 0 Å². The molecule has 1 aliphatic rings. The second kappa shape index (κ2) is 3.53. The highest BCUT2D eigenvalue weighted by molar-refractivity contribution is 7.86. The van der Waals surface area contributed by atoms with Crippen LogP contribution in [0.15, 0.2) is 0 Å². The summed E-state index contributed by atoms with van der Waals surface area (Å²) in [7, 11) is -4.11. The van der Waals surface area contributed by atoms with Crippen molar-refractivity contribution < 1.29 is 17.8 Å². The van der Waals surface area contributed by atoms with Gasteiger partial charge in [0.1, 0.15) is 5.75 Å². The van der Waals surface area contributed by atoms with Crippen LogP contribution in [0.3, 0.4) is 0 Å². The van der Waals surface area contributed by atoms with Crippen molar-refractivity contribution >= 4 is 15.9 Å². The molecule has 1 rings (SSSR count). The third-order valence-corrected chi connectivity index (χ3v) is 2.78. The zero-order valence-corrected chi connectivity index (χ0v) is 7.51. The Bertz CT molecular complexity index is 261. The molecule has 0 radical (unpaired) electrons. The highest BCUT2D eigenvalue weighted by Gasteiger charge is 2.25. The molecule has 0 aromatic rings. The maximum atomic E-state index is 11.1. The van der Waals surface area contributed by atoms with E-state index in [1.807, 2.05) is 0 Å². The molecule has 0 heterocycles. The highest BCUT2D eigenvalue weighted by Crippen LogP contribution is 2.25. The summed E-state index contributed by atoms with van der Waals surface area (Å²) in [6.07, 6.45) is 3.52. The predicted molar refractivity (Wildman–Crippen MR) is 43.4 cm³/mol. The Labute approximate surface area is 71.7 Å². The summed E-state index contributed by atoms with van der Waals surface area (Å²) in [6, 6.07) is 0. The molecular formula is C7H12O4S. The molecule has 70 valence electrons. The van der Waals surface area contributed by atoms with Gasteiger partial charge in [0, 0.05) is 5.92 Å². The van der Waals surface area contributed by atoms with Gasteiger partial charge >= 0.3 is 0 Å². The summed E-state index contributed by atoms with van der Waals surface area (Å²) < 4.78 is 29.1. The van der Waals surface area contributed by atoms with Gasteiger partial charge in [0.15, 0.2) is 5.78 Å². The molecule has 12 heavy (non-hydrogen) atoms. The molecule has 5 heteroatoms. The molecular weight excluding hydrogens is 180 g/mol. The van der Waals surface area contributed by atoms with Crippen molar-refractivity contribution in [2.24, 2.45) is 5.92 Å². The van der Waals surface area contributed by atoms with Gasteiger partial charge in [-0.3, -0.25) is 9.35 Å². The van der Waals surface area contributed by atoms with E-state index in [0.29, 0.717) is 0 Å². The lowest BCUT2D eigenvalue weighted by atomic mass is 10.0. The quantitative estimate of drug-likeness (QED) is 0.666. The molecule has 0 aromatic carbocycles. The highest BCUT2D eigenvalue weighted by atomic mass is 32.2. The van der Waals surface area contributed by atoms with Crippen LogP contribution in [0.2, 0.25) is 0 Å². The van der Waals surface area contributed by atoms with E-state index in [2.05, 4.69) is 0 Å². The summed E-state index contributed by atoms with van der Waals surface area (Å²) in [6.45, 7) is 0. The first-order valence-electron chi connectivity index (χ1n) is 3.97. The van der Waals surface area contributed by atoms with Gasteiger partial charge in [0.05, 0.1) is 0 Å². The molecule has 0 unspecified atom stereocenters. The maximum absolute atomic E-state index is 11.1. The van der Waals surface area contributed by atoms with Crippen LogP contribution in [-0.2, 0) is 14.9 Å². The molecule has 1 aliphatic carbocycles. The average molecular weight is 192 g/mol. The molecule has 0 aromatic heterocycles. The van der Waals surface area contributed by atoms with E-state index < -0.39 is 15.9 Å². The minimum Gasteiger partial charge on any atom is -0.298 e. The molecule has 1 fully saturated rings. The lowest BCUT2D eigenvalue weighted by molar-refractivity contribution is -0.120. The van der Waals surface area contributed by atoms with E-state index in [9.17, 15) is 13.2 Å². The molecule has 0 amide bonds. The molecule has 0 saturated heterocycles. The SMILES string of the molecule is O=C(CS(=O)(=O)O)C1CCCC1. The minimum atomic E-state index is -4.11. The Morgan fingerprint density at radius 2 is 1.83 bits per heavy atom. The van der Waals surface area contributed by atoms with E-state index in [1.165, 1.54) is 0 Å². The van der Waals surface area contributed by atoms with Crippen LogP contribution >= 0.6 is 0 Å². The molecule has 4 nitrogen and oxygen atoms in total. The summed E-state index contributed by atoms with van der Waals surface area (Å²) in [5.41, 5.74) is 0. The maximum Gasteiger partial charge on any atom is 0.272 e. The molecule has 0 atom stereocenters.